The van der Waals surface area contributed by atoms with Crippen molar-refractivity contribution in [3.63, 3.8) is 0 Å². The molecule has 2 fully saturated rings. The predicted molar refractivity (Wildman–Crippen MR) is 123 cm³/mol. The quantitative estimate of drug-likeness (QED) is 0.397. The highest BCUT2D eigenvalue weighted by atomic mass is 19.2. The molecule has 3 heterocycles. The molecule has 0 radical (unpaired) electrons. The summed E-state index contributed by atoms with van der Waals surface area (Å²) in [5.74, 6) is -3.71. The molecule has 6 nitrogen and oxygen atoms in total. The molecule has 2 aliphatic heterocycles. The van der Waals surface area contributed by atoms with Crippen molar-refractivity contribution in [1.82, 2.24) is 14.5 Å². The monoisotopic (exact) mass is 483 g/mol. The summed E-state index contributed by atoms with van der Waals surface area (Å²) in [5.41, 5.74) is 3.22. The number of aryl methyl sites for hydroxylation is 1. The number of hydrogen-bond acceptors (Lipinski definition) is 4. The van der Waals surface area contributed by atoms with Gasteiger partial charge in [-0.05, 0) is 61.2 Å². The Morgan fingerprint density at radius 2 is 1.91 bits per heavy atom. The van der Waals surface area contributed by atoms with Crippen LogP contribution in [0.2, 0.25) is 0 Å². The van der Waals surface area contributed by atoms with Crippen molar-refractivity contribution in [2.24, 2.45) is 0 Å². The molecule has 1 aromatic heterocycles. The van der Waals surface area contributed by atoms with Gasteiger partial charge in [-0.25, -0.2) is 18.2 Å². The first-order chi connectivity index (χ1) is 16.9. The Kier molecular flexibility index (Phi) is 6.10. The van der Waals surface area contributed by atoms with Gasteiger partial charge in [-0.3, -0.25) is 4.79 Å². The number of methoxy groups -OCH3 is 1. The fraction of sp³-hybridized carbons (Fsp3) is 0.308. The molecule has 0 spiro atoms. The standard InChI is InChI=1S/C26H24F3N3O3/c1-15-11-31(14-30-15)22-6-3-16(8-24(22)34-2)7-17-4-5-19-12-35-13-23(32(19)26(17)33)18-9-20(27)25(29)21(28)10-18/h3,6-11,14,19,23H,4-5,12-13H2,1-2H3/t19-,23+/m0/s1. The van der Waals surface area contributed by atoms with Crippen molar-refractivity contribution in [2.45, 2.75) is 31.8 Å². The van der Waals surface area contributed by atoms with Gasteiger partial charge in [0, 0.05) is 11.8 Å². The van der Waals surface area contributed by atoms with E-state index < -0.39 is 23.5 Å². The van der Waals surface area contributed by atoms with E-state index in [0.29, 0.717) is 30.8 Å². The molecule has 0 bridgehead atoms. The van der Waals surface area contributed by atoms with Crippen LogP contribution >= 0.6 is 0 Å². The molecule has 3 aromatic rings. The molecule has 0 aliphatic carbocycles. The molecule has 1 amide bonds. The third-order valence-electron chi connectivity index (χ3n) is 6.50. The number of amides is 1. The van der Waals surface area contributed by atoms with Gasteiger partial charge in [-0.1, -0.05) is 6.07 Å². The summed E-state index contributed by atoms with van der Waals surface area (Å²) in [6.07, 6.45) is 6.58. The van der Waals surface area contributed by atoms with Crippen molar-refractivity contribution in [2.75, 3.05) is 20.3 Å². The second kappa shape index (κ2) is 9.22. The van der Waals surface area contributed by atoms with Gasteiger partial charge in [0.2, 0.25) is 0 Å². The van der Waals surface area contributed by atoms with E-state index in [9.17, 15) is 18.0 Å². The van der Waals surface area contributed by atoms with E-state index >= 15 is 0 Å². The summed E-state index contributed by atoms with van der Waals surface area (Å²) in [7, 11) is 1.58. The number of aromatic nitrogens is 2. The molecule has 2 aromatic carbocycles. The maximum atomic E-state index is 13.9. The topological polar surface area (TPSA) is 56.6 Å². The number of carbonyl (C=O) groups is 1. The molecule has 5 rings (SSSR count). The largest absolute Gasteiger partial charge is 0.495 e. The zero-order valence-electron chi connectivity index (χ0n) is 19.3. The summed E-state index contributed by atoms with van der Waals surface area (Å²) < 4.78 is 54.4. The van der Waals surface area contributed by atoms with Crippen LogP contribution in [0.1, 0.15) is 35.7 Å². The zero-order chi connectivity index (χ0) is 24.7. The average Bonchev–Trinajstić information content (AvgIpc) is 3.29. The highest BCUT2D eigenvalue weighted by Crippen LogP contribution is 2.37. The second-order valence-electron chi connectivity index (χ2n) is 8.78. The van der Waals surface area contributed by atoms with Crippen LogP contribution in [-0.4, -0.2) is 46.7 Å². The molecule has 0 saturated carbocycles. The van der Waals surface area contributed by atoms with E-state index in [1.165, 1.54) is 0 Å². The van der Waals surface area contributed by atoms with Crippen LogP contribution in [0.3, 0.4) is 0 Å². The zero-order valence-corrected chi connectivity index (χ0v) is 19.3. The summed E-state index contributed by atoms with van der Waals surface area (Å²) in [6.45, 7) is 2.32. The van der Waals surface area contributed by atoms with Crippen LogP contribution in [0.15, 0.2) is 48.4 Å². The average molecular weight is 483 g/mol. The lowest BCUT2D eigenvalue weighted by molar-refractivity contribution is -0.145. The van der Waals surface area contributed by atoms with E-state index in [-0.39, 0.29) is 24.1 Å². The van der Waals surface area contributed by atoms with Gasteiger partial charge in [-0.15, -0.1) is 0 Å². The third-order valence-corrected chi connectivity index (χ3v) is 6.50. The van der Waals surface area contributed by atoms with Crippen LogP contribution in [0, 0.1) is 24.4 Å². The fourth-order valence-corrected chi connectivity index (χ4v) is 4.77. The van der Waals surface area contributed by atoms with E-state index in [1.807, 2.05) is 42.0 Å². The van der Waals surface area contributed by atoms with E-state index in [1.54, 1.807) is 18.3 Å². The van der Waals surface area contributed by atoms with Crippen molar-refractivity contribution >= 4 is 12.0 Å². The molecular weight excluding hydrogens is 459 g/mol. The van der Waals surface area contributed by atoms with Crippen LogP contribution in [0.4, 0.5) is 13.2 Å². The Morgan fingerprint density at radius 1 is 1.14 bits per heavy atom. The van der Waals surface area contributed by atoms with Gasteiger partial charge in [-0.2, -0.15) is 0 Å². The number of imidazole rings is 1. The molecular formula is C26H24F3N3O3. The number of hydrogen-bond donors (Lipinski definition) is 0. The van der Waals surface area contributed by atoms with Gasteiger partial charge < -0.3 is 18.9 Å². The Morgan fingerprint density at radius 3 is 2.60 bits per heavy atom. The smallest absolute Gasteiger partial charge is 0.250 e. The van der Waals surface area contributed by atoms with Gasteiger partial charge in [0.05, 0.1) is 50.1 Å². The minimum absolute atomic E-state index is 0.0763. The highest BCUT2D eigenvalue weighted by Gasteiger charge is 2.40. The van der Waals surface area contributed by atoms with Crippen molar-refractivity contribution in [3.8, 4) is 11.4 Å². The number of carbonyl (C=O) groups excluding carboxylic acids is 1. The number of nitrogens with zero attached hydrogens (tertiary/aromatic N) is 3. The van der Waals surface area contributed by atoms with Gasteiger partial charge >= 0.3 is 0 Å². The first-order valence-corrected chi connectivity index (χ1v) is 11.3. The lowest BCUT2D eigenvalue weighted by atomic mass is 9.91. The molecule has 9 heteroatoms. The first-order valence-electron chi connectivity index (χ1n) is 11.3. The molecule has 0 N–H and O–H groups in total. The molecule has 2 atom stereocenters. The number of morpholine rings is 1. The second-order valence-corrected chi connectivity index (χ2v) is 8.78. The van der Waals surface area contributed by atoms with Gasteiger partial charge in [0.15, 0.2) is 17.5 Å². The summed E-state index contributed by atoms with van der Waals surface area (Å²) in [4.78, 5) is 19.4. The van der Waals surface area contributed by atoms with E-state index in [0.717, 1.165) is 29.1 Å². The fourth-order valence-electron chi connectivity index (χ4n) is 4.77. The van der Waals surface area contributed by atoms with Gasteiger partial charge in [0.25, 0.3) is 5.91 Å². The van der Waals surface area contributed by atoms with Crippen LogP contribution in [0.5, 0.6) is 5.75 Å². The van der Waals surface area contributed by atoms with Crippen LogP contribution in [0.25, 0.3) is 11.8 Å². The summed E-state index contributed by atoms with van der Waals surface area (Å²) in [5, 5.41) is 0. The summed E-state index contributed by atoms with van der Waals surface area (Å²) in [6, 6.07) is 6.55. The van der Waals surface area contributed by atoms with E-state index in [4.69, 9.17) is 9.47 Å². The molecule has 2 aliphatic rings. The molecule has 0 unspecified atom stereocenters. The van der Waals surface area contributed by atoms with Crippen molar-refractivity contribution in [3.05, 3.63) is 82.7 Å². The molecule has 182 valence electrons. The normalized spacial score (nSPS) is 21.3. The number of halogens is 3. The van der Waals surface area contributed by atoms with Crippen LogP contribution in [-0.2, 0) is 9.53 Å². The van der Waals surface area contributed by atoms with Gasteiger partial charge in [0.1, 0.15) is 5.75 Å². The lowest BCUT2D eigenvalue weighted by Crippen LogP contribution is -2.53. The predicted octanol–water partition coefficient (Wildman–Crippen LogP) is 4.75. The third kappa shape index (κ3) is 4.32. The minimum atomic E-state index is -1.53. The number of rotatable bonds is 4. The maximum absolute atomic E-state index is 13.9. The number of ether oxygens (including phenoxy) is 2. The van der Waals surface area contributed by atoms with Crippen molar-refractivity contribution < 1.29 is 27.4 Å². The molecule has 35 heavy (non-hydrogen) atoms. The van der Waals surface area contributed by atoms with Crippen molar-refractivity contribution in [1.29, 1.82) is 0 Å². The van der Waals surface area contributed by atoms with E-state index in [2.05, 4.69) is 4.98 Å². The lowest BCUT2D eigenvalue weighted by Gasteiger charge is -2.45. The first kappa shape index (κ1) is 23.2. The number of fused-ring (bicyclic) bond motifs is 1. The Hall–Kier alpha value is -3.59. The van der Waals surface area contributed by atoms with Crippen LogP contribution < -0.4 is 4.74 Å². The summed E-state index contributed by atoms with van der Waals surface area (Å²) >= 11 is 0. The molecule has 2 saturated heterocycles. The Labute approximate surface area is 200 Å². The Bertz CT molecular complexity index is 1300. The minimum Gasteiger partial charge on any atom is -0.495 e. The highest BCUT2D eigenvalue weighted by molar-refractivity contribution is 5.99. The number of benzene rings is 2. The SMILES string of the molecule is COc1cc(C=C2CC[C@H]3COC[C@H](c4cc(F)c(F)c(F)c4)N3C2=O)ccc1-n1cnc(C)c1. The Balaban J connectivity index is 1.46. The maximum Gasteiger partial charge on any atom is 0.250 e. The number of piperidine rings is 1.